The van der Waals surface area contributed by atoms with E-state index in [9.17, 15) is 23.9 Å². The zero-order valence-electron chi connectivity index (χ0n) is 26.0. The average molecular weight is 628 g/mol. The molecule has 0 bridgehead atoms. The Bertz CT molecular complexity index is 1710. The number of amides is 5. The van der Waals surface area contributed by atoms with Gasteiger partial charge in [-0.2, -0.15) is 0 Å². The summed E-state index contributed by atoms with van der Waals surface area (Å²) in [5.41, 5.74) is 2.13. The van der Waals surface area contributed by atoms with Crippen LogP contribution in [-0.4, -0.2) is 71.8 Å². The molecule has 46 heavy (non-hydrogen) atoms. The number of aliphatic hydroxyl groups excluding tert-OH is 1. The Morgan fingerprint density at radius 1 is 1.00 bits per heavy atom. The molecule has 5 rings (SSSR count). The van der Waals surface area contributed by atoms with Crippen LogP contribution in [0.1, 0.15) is 19.4 Å². The molecule has 0 saturated heterocycles. The molecule has 240 valence electrons. The second kappa shape index (κ2) is 14.3. The van der Waals surface area contributed by atoms with Crippen molar-refractivity contribution in [1.29, 1.82) is 0 Å². The standard InChI is InChI=1S/C35H38FN5O5/c1-22-19-41(23(2)21-42)33(43)18-25-17-28(37-34(44)39-30-10-6-8-24-7-4-5-9-29(24)30)15-16-31(25)46-32(22)20-40(3)35(45)38-27-13-11-26(36)12-14-27/h4-17,22-23,32,42H,18-21H2,1-3H3,(H,38,45)(H2,37,39,44)/t22-,23-,32+/m1/s1. The predicted octanol–water partition coefficient (Wildman–Crippen LogP) is 5.94. The molecule has 4 aromatic rings. The van der Waals surface area contributed by atoms with Gasteiger partial charge in [-0.25, -0.2) is 14.0 Å². The molecule has 0 unspecified atom stereocenters. The number of carbonyl (C=O) groups excluding carboxylic acids is 3. The zero-order chi connectivity index (χ0) is 32.8. The summed E-state index contributed by atoms with van der Waals surface area (Å²) in [6, 6.07) is 22.7. The van der Waals surface area contributed by atoms with Gasteiger partial charge in [-0.3, -0.25) is 4.79 Å². The number of hydrogen-bond acceptors (Lipinski definition) is 5. The lowest BCUT2D eigenvalue weighted by atomic mass is 10.0. The van der Waals surface area contributed by atoms with Gasteiger partial charge < -0.3 is 35.6 Å². The van der Waals surface area contributed by atoms with Crippen LogP contribution in [0.4, 0.5) is 31.0 Å². The summed E-state index contributed by atoms with van der Waals surface area (Å²) < 4.78 is 19.8. The van der Waals surface area contributed by atoms with Crippen LogP contribution in [0.25, 0.3) is 10.8 Å². The van der Waals surface area contributed by atoms with Crippen LogP contribution in [0.2, 0.25) is 0 Å². The van der Waals surface area contributed by atoms with Gasteiger partial charge in [0.05, 0.1) is 31.3 Å². The molecule has 10 nitrogen and oxygen atoms in total. The smallest absolute Gasteiger partial charge is 0.323 e. The first-order valence-corrected chi connectivity index (χ1v) is 15.1. The molecule has 3 atom stereocenters. The third kappa shape index (κ3) is 7.73. The molecule has 0 fully saturated rings. The number of likely N-dealkylation sites (N-methyl/N-ethyl adjacent to an activating group) is 1. The van der Waals surface area contributed by atoms with Crippen LogP contribution in [0.15, 0.2) is 84.9 Å². The van der Waals surface area contributed by atoms with Gasteiger partial charge in [-0.05, 0) is 60.8 Å². The third-order valence-corrected chi connectivity index (χ3v) is 8.11. The van der Waals surface area contributed by atoms with Gasteiger partial charge in [-0.15, -0.1) is 0 Å². The van der Waals surface area contributed by atoms with Crippen molar-refractivity contribution in [3.05, 3.63) is 96.3 Å². The molecule has 0 spiro atoms. The first kappa shape index (κ1) is 32.2. The van der Waals surface area contributed by atoms with E-state index in [4.69, 9.17) is 4.74 Å². The molecule has 1 heterocycles. The molecule has 0 radical (unpaired) electrons. The van der Waals surface area contributed by atoms with Crippen molar-refractivity contribution < 1.29 is 28.6 Å². The van der Waals surface area contributed by atoms with E-state index < -0.39 is 30.0 Å². The van der Waals surface area contributed by atoms with E-state index in [1.807, 2.05) is 49.4 Å². The number of benzene rings is 4. The maximum atomic E-state index is 13.6. The minimum absolute atomic E-state index is 0.0134. The quantitative estimate of drug-likeness (QED) is 0.202. The highest BCUT2D eigenvalue weighted by Gasteiger charge is 2.32. The van der Waals surface area contributed by atoms with Crippen LogP contribution in [0.3, 0.4) is 0 Å². The molecule has 0 saturated carbocycles. The number of halogens is 1. The lowest BCUT2D eigenvalue weighted by Gasteiger charge is -2.34. The van der Waals surface area contributed by atoms with Crippen molar-refractivity contribution in [1.82, 2.24) is 9.80 Å². The number of anilines is 3. The summed E-state index contributed by atoms with van der Waals surface area (Å²) in [7, 11) is 1.63. The molecule has 4 N–H and O–H groups in total. The molecule has 0 aromatic heterocycles. The predicted molar refractivity (Wildman–Crippen MR) is 177 cm³/mol. The minimum Gasteiger partial charge on any atom is -0.488 e. The van der Waals surface area contributed by atoms with Crippen molar-refractivity contribution >= 4 is 45.8 Å². The van der Waals surface area contributed by atoms with Gasteiger partial charge in [0.2, 0.25) is 5.91 Å². The number of carbonyl (C=O) groups is 3. The number of fused-ring (bicyclic) bond motifs is 2. The summed E-state index contributed by atoms with van der Waals surface area (Å²) in [5.74, 6) is -0.373. The molecule has 11 heteroatoms. The van der Waals surface area contributed by atoms with Gasteiger partial charge in [0.1, 0.15) is 17.7 Å². The van der Waals surface area contributed by atoms with E-state index in [1.165, 1.54) is 29.2 Å². The Hall–Kier alpha value is -5.16. The van der Waals surface area contributed by atoms with Gasteiger partial charge in [0, 0.05) is 41.8 Å². The molecule has 4 aromatic carbocycles. The third-order valence-electron chi connectivity index (χ3n) is 8.11. The second-order valence-electron chi connectivity index (χ2n) is 11.6. The van der Waals surface area contributed by atoms with Crippen molar-refractivity contribution in [3.8, 4) is 5.75 Å². The number of hydrogen-bond donors (Lipinski definition) is 4. The summed E-state index contributed by atoms with van der Waals surface area (Å²) in [5, 5.41) is 20.3. The Labute approximate surface area is 267 Å². The highest BCUT2D eigenvalue weighted by molar-refractivity contribution is 6.06. The highest BCUT2D eigenvalue weighted by Crippen LogP contribution is 2.30. The number of rotatable bonds is 7. The number of ether oxygens (including phenoxy) is 1. The minimum atomic E-state index is -0.532. The molecular formula is C35H38FN5O5. The van der Waals surface area contributed by atoms with E-state index in [-0.39, 0.29) is 31.4 Å². The van der Waals surface area contributed by atoms with Crippen molar-refractivity contribution in [3.63, 3.8) is 0 Å². The first-order valence-electron chi connectivity index (χ1n) is 15.1. The monoisotopic (exact) mass is 627 g/mol. The van der Waals surface area contributed by atoms with Crippen LogP contribution in [0.5, 0.6) is 5.75 Å². The van der Waals surface area contributed by atoms with Gasteiger partial charge in [0.25, 0.3) is 0 Å². The molecule has 1 aliphatic rings. The molecular weight excluding hydrogens is 589 g/mol. The number of aliphatic hydroxyl groups is 1. The topological polar surface area (TPSA) is 123 Å². The maximum Gasteiger partial charge on any atom is 0.323 e. The Morgan fingerprint density at radius 3 is 2.48 bits per heavy atom. The Morgan fingerprint density at radius 2 is 1.72 bits per heavy atom. The second-order valence-corrected chi connectivity index (χ2v) is 11.6. The van der Waals surface area contributed by atoms with Crippen molar-refractivity contribution in [2.45, 2.75) is 32.4 Å². The fourth-order valence-electron chi connectivity index (χ4n) is 5.45. The SMILES string of the molecule is C[C@@H]1CN([C@H](C)CO)C(=O)Cc2cc(NC(=O)Nc3cccc4ccccc34)ccc2O[C@H]1CN(C)C(=O)Nc1ccc(F)cc1. The Kier molecular flexibility index (Phi) is 10.0. The van der Waals surface area contributed by atoms with Crippen LogP contribution in [-0.2, 0) is 11.2 Å². The van der Waals surface area contributed by atoms with E-state index in [0.29, 0.717) is 34.9 Å². The van der Waals surface area contributed by atoms with Gasteiger partial charge in [-0.1, -0.05) is 43.3 Å². The average Bonchev–Trinajstić information content (AvgIpc) is 3.09. The van der Waals surface area contributed by atoms with Crippen LogP contribution >= 0.6 is 0 Å². The lowest BCUT2D eigenvalue weighted by molar-refractivity contribution is -0.134. The summed E-state index contributed by atoms with van der Waals surface area (Å²) >= 11 is 0. The van der Waals surface area contributed by atoms with Crippen molar-refractivity contribution in [2.24, 2.45) is 5.92 Å². The van der Waals surface area contributed by atoms with E-state index >= 15 is 0 Å². The zero-order valence-corrected chi connectivity index (χ0v) is 26.0. The number of urea groups is 2. The van der Waals surface area contributed by atoms with Crippen molar-refractivity contribution in [2.75, 3.05) is 42.7 Å². The van der Waals surface area contributed by atoms with Crippen LogP contribution in [0, 0.1) is 11.7 Å². The van der Waals surface area contributed by atoms with E-state index in [2.05, 4.69) is 16.0 Å². The normalized spacial score (nSPS) is 17.1. The lowest BCUT2D eigenvalue weighted by Crippen LogP contribution is -2.48. The van der Waals surface area contributed by atoms with E-state index in [0.717, 1.165) is 10.8 Å². The largest absolute Gasteiger partial charge is 0.488 e. The number of nitrogens with zero attached hydrogens (tertiary/aromatic N) is 2. The van der Waals surface area contributed by atoms with E-state index in [1.54, 1.807) is 37.1 Å². The highest BCUT2D eigenvalue weighted by atomic mass is 19.1. The molecule has 1 aliphatic heterocycles. The summed E-state index contributed by atoms with van der Waals surface area (Å²) in [4.78, 5) is 42.7. The fraction of sp³-hybridized carbons (Fsp3) is 0.286. The Balaban J connectivity index is 1.36. The summed E-state index contributed by atoms with van der Waals surface area (Å²) in [6.45, 7) is 3.96. The fourth-order valence-corrected chi connectivity index (χ4v) is 5.45. The van der Waals surface area contributed by atoms with Crippen LogP contribution < -0.4 is 20.7 Å². The molecule has 5 amide bonds. The van der Waals surface area contributed by atoms with Gasteiger partial charge in [0.15, 0.2) is 0 Å². The first-order chi connectivity index (χ1) is 22.1. The maximum absolute atomic E-state index is 13.6. The molecule has 0 aliphatic carbocycles. The summed E-state index contributed by atoms with van der Waals surface area (Å²) in [6.07, 6.45) is -0.545. The van der Waals surface area contributed by atoms with Gasteiger partial charge >= 0.3 is 12.1 Å². The number of nitrogens with one attached hydrogen (secondary N) is 3.